The summed E-state index contributed by atoms with van der Waals surface area (Å²) in [7, 11) is -3.71. The molecule has 0 atom stereocenters. The van der Waals surface area contributed by atoms with Gasteiger partial charge in [0.25, 0.3) is 5.91 Å². The number of carboxylic acids is 1. The van der Waals surface area contributed by atoms with E-state index in [2.05, 4.69) is 5.32 Å². The number of nitrogens with one attached hydrogen (secondary N) is 1. The molecule has 0 radical (unpaired) electrons. The Morgan fingerprint density at radius 3 is 2.44 bits per heavy atom. The van der Waals surface area contributed by atoms with Gasteiger partial charge in [0.05, 0.1) is 18.1 Å². The van der Waals surface area contributed by atoms with Crippen molar-refractivity contribution in [3.63, 3.8) is 0 Å². The van der Waals surface area contributed by atoms with Gasteiger partial charge < -0.3 is 15.2 Å². The van der Waals surface area contributed by atoms with Crippen molar-refractivity contribution in [1.82, 2.24) is 9.62 Å². The van der Waals surface area contributed by atoms with Gasteiger partial charge in [-0.25, -0.2) is 13.2 Å². The Kier molecular flexibility index (Phi) is 4.81. The minimum atomic E-state index is -3.71. The van der Waals surface area contributed by atoms with Crippen LogP contribution in [0.5, 0.6) is 0 Å². The van der Waals surface area contributed by atoms with Crippen molar-refractivity contribution in [1.29, 1.82) is 0 Å². The van der Waals surface area contributed by atoms with E-state index in [9.17, 15) is 23.1 Å². The molecular formula is C16H20N2O6S. The Morgan fingerprint density at radius 1 is 1.20 bits per heavy atom. The molecule has 1 aliphatic heterocycles. The Hall–Kier alpha value is -1.97. The third kappa shape index (κ3) is 3.39. The number of aliphatic carboxylic acids is 1. The monoisotopic (exact) mass is 368 g/mol. The summed E-state index contributed by atoms with van der Waals surface area (Å²) in [6.07, 6.45) is 1.48. The van der Waals surface area contributed by atoms with Crippen LogP contribution in [0.3, 0.4) is 0 Å². The molecule has 0 unspecified atom stereocenters. The molecule has 8 nitrogen and oxygen atoms in total. The van der Waals surface area contributed by atoms with Gasteiger partial charge in [-0.2, -0.15) is 4.31 Å². The highest BCUT2D eigenvalue weighted by molar-refractivity contribution is 7.89. The van der Waals surface area contributed by atoms with Crippen LogP contribution in [0.1, 0.15) is 29.6 Å². The molecule has 0 spiro atoms. The number of hydrogen-bond acceptors (Lipinski definition) is 5. The lowest BCUT2D eigenvalue weighted by Gasteiger charge is -2.38. The van der Waals surface area contributed by atoms with Gasteiger partial charge >= 0.3 is 5.97 Å². The number of rotatable bonds is 5. The number of amides is 1. The summed E-state index contributed by atoms with van der Waals surface area (Å²) in [6, 6.07) is 5.67. The number of sulfonamides is 1. The van der Waals surface area contributed by atoms with Gasteiger partial charge in [0.15, 0.2) is 0 Å². The van der Waals surface area contributed by atoms with E-state index in [1.165, 1.54) is 28.6 Å². The standard InChI is InChI=1S/C16H20N2O6S/c19-14(17-16(15(20)21)5-2-6-16)12-3-1-4-13(11-12)25(22,23)18-7-9-24-10-8-18/h1,3-4,11H,2,5-10H2,(H,17,19)(H,20,21). The van der Waals surface area contributed by atoms with Crippen LogP contribution in [-0.4, -0.2) is 61.5 Å². The van der Waals surface area contributed by atoms with E-state index in [0.717, 1.165) is 6.42 Å². The van der Waals surface area contributed by atoms with Crippen LogP contribution in [-0.2, 0) is 19.6 Å². The predicted octanol–water partition coefficient (Wildman–Crippen LogP) is 0.445. The van der Waals surface area contributed by atoms with Crippen LogP contribution in [0.25, 0.3) is 0 Å². The average Bonchev–Trinajstić information content (AvgIpc) is 2.58. The van der Waals surface area contributed by atoms with E-state index in [1.807, 2.05) is 0 Å². The van der Waals surface area contributed by atoms with Crippen LogP contribution >= 0.6 is 0 Å². The lowest BCUT2D eigenvalue weighted by Crippen LogP contribution is -2.59. The predicted molar refractivity (Wildman–Crippen MR) is 87.7 cm³/mol. The first-order chi connectivity index (χ1) is 11.8. The largest absolute Gasteiger partial charge is 0.480 e. The van der Waals surface area contributed by atoms with Crippen molar-refractivity contribution in [3.05, 3.63) is 29.8 Å². The molecule has 2 N–H and O–H groups in total. The number of carboxylic acid groups (broad SMARTS) is 1. The molecule has 1 aromatic carbocycles. The number of morpholine rings is 1. The summed E-state index contributed by atoms with van der Waals surface area (Å²) < 4.78 is 31.8. The third-order valence-electron chi connectivity index (χ3n) is 4.67. The molecule has 1 saturated carbocycles. The first-order valence-electron chi connectivity index (χ1n) is 8.09. The summed E-state index contributed by atoms with van der Waals surface area (Å²) in [4.78, 5) is 23.8. The number of nitrogens with zero attached hydrogens (tertiary/aromatic N) is 1. The molecule has 1 aliphatic carbocycles. The van der Waals surface area contributed by atoms with Crippen molar-refractivity contribution < 1.29 is 27.9 Å². The van der Waals surface area contributed by atoms with E-state index in [1.54, 1.807) is 0 Å². The van der Waals surface area contributed by atoms with Gasteiger partial charge in [0, 0.05) is 18.7 Å². The minimum absolute atomic E-state index is 0.0139. The fourth-order valence-corrected chi connectivity index (χ4v) is 4.40. The highest BCUT2D eigenvalue weighted by Gasteiger charge is 2.45. The molecular weight excluding hydrogens is 348 g/mol. The van der Waals surface area contributed by atoms with Gasteiger partial charge in [-0.05, 0) is 37.5 Å². The number of hydrogen-bond donors (Lipinski definition) is 2. The molecule has 25 heavy (non-hydrogen) atoms. The molecule has 0 bridgehead atoms. The van der Waals surface area contributed by atoms with E-state index >= 15 is 0 Å². The average molecular weight is 368 g/mol. The fraction of sp³-hybridized carbons (Fsp3) is 0.500. The highest BCUT2D eigenvalue weighted by Crippen LogP contribution is 2.32. The number of carbonyl (C=O) groups is 2. The lowest BCUT2D eigenvalue weighted by molar-refractivity contribution is -0.148. The molecule has 1 amide bonds. The lowest BCUT2D eigenvalue weighted by atomic mass is 9.76. The van der Waals surface area contributed by atoms with Gasteiger partial charge in [-0.1, -0.05) is 6.07 Å². The second kappa shape index (κ2) is 6.74. The summed E-state index contributed by atoms with van der Waals surface area (Å²) in [6.45, 7) is 1.20. The molecule has 1 heterocycles. The minimum Gasteiger partial charge on any atom is -0.480 e. The highest BCUT2D eigenvalue weighted by atomic mass is 32.2. The molecule has 136 valence electrons. The fourth-order valence-electron chi connectivity index (χ4n) is 2.95. The Labute approximate surface area is 145 Å². The first-order valence-corrected chi connectivity index (χ1v) is 9.53. The van der Waals surface area contributed by atoms with Crippen LogP contribution in [0.2, 0.25) is 0 Å². The van der Waals surface area contributed by atoms with E-state index in [0.29, 0.717) is 26.1 Å². The molecule has 9 heteroatoms. The SMILES string of the molecule is O=C(NC1(C(=O)O)CCC1)c1cccc(S(=O)(=O)N2CCOCC2)c1. The van der Waals surface area contributed by atoms with Gasteiger partial charge in [-0.15, -0.1) is 0 Å². The van der Waals surface area contributed by atoms with E-state index in [4.69, 9.17) is 4.74 Å². The molecule has 2 fully saturated rings. The first kappa shape index (κ1) is 17.8. The van der Waals surface area contributed by atoms with E-state index in [-0.39, 0.29) is 23.5 Å². The maximum Gasteiger partial charge on any atom is 0.329 e. The van der Waals surface area contributed by atoms with Crippen molar-refractivity contribution in [3.8, 4) is 0 Å². The van der Waals surface area contributed by atoms with Crippen LogP contribution in [0.4, 0.5) is 0 Å². The maximum atomic E-state index is 12.7. The van der Waals surface area contributed by atoms with Crippen LogP contribution in [0.15, 0.2) is 29.2 Å². The zero-order valence-electron chi connectivity index (χ0n) is 13.6. The maximum absolute atomic E-state index is 12.7. The number of benzene rings is 1. The third-order valence-corrected chi connectivity index (χ3v) is 6.57. The Bertz CT molecular complexity index is 782. The molecule has 0 aromatic heterocycles. The molecule has 1 aromatic rings. The second-order valence-electron chi connectivity index (χ2n) is 6.24. The molecule has 1 saturated heterocycles. The Balaban J connectivity index is 1.81. The summed E-state index contributed by atoms with van der Waals surface area (Å²) in [5.41, 5.74) is -1.11. The van der Waals surface area contributed by atoms with Crippen molar-refractivity contribution in [2.75, 3.05) is 26.3 Å². The number of ether oxygens (including phenoxy) is 1. The van der Waals surface area contributed by atoms with Gasteiger partial charge in [0.1, 0.15) is 5.54 Å². The summed E-state index contributed by atoms with van der Waals surface area (Å²) in [5.74, 6) is -1.65. The smallest absolute Gasteiger partial charge is 0.329 e. The van der Waals surface area contributed by atoms with Crippen molar-refractivity contribution in [2.45, 2.75) is 29.7 Å². The van der Waals surface area contributed by atoms with Gasteiger partial charge in [-0.3, -0.25) is 4.79 Å². The second-order valence-corrected chi connectivity index (χ2v) is 8.18. The van der Waals surface area contributed by atoms with E-state index < -0.39 is 27.4 Å². The van der Waals surface area contributed by atoms with Crippen molar-refractivity contribution in [2.24, 2.45) is 0 Å². The molecule has 3 rings (SSSR count). The normalized spacial score (nSPS) is 20.5. The topological polar surface area (TPSA) is 113 Å². The summed E-state index contributed by atoms with van der Waals surface area (Å²) in [5, 5.41) is 11.8. The van der Waals surface area contributed by atoms with Crippen molar-refractivity contribution >= 4 is 21.9 Å². The van der Waals surface area contributed by atoms with Gasteiger partial charge in [0.2, 0.25) is 10.0 Å². The zero-order chi connectivity index (χ0) is 18.1. The van der Waals surface area contributed by atoms with Crippen LogP contribution in [0, 0.1) is 0 Å². The summed E-state index contributed by atoms with van der Waals surface area (Å²) >= 11 is 0. The Morgan fingerprint density at radius 2 is 1.88 bits per heavy atom. The quantitative estimate of drug-likeness (QED) is 0.780. The molecule has 2 aliphatic rings. The number of carbonyl (C=O) groups excluding carboxylic acids is 1. The zero-order valence-corrected chi connectivity index (χ0v) is 14.4. The van der Waals surface area contributed by atoms with Crippen LogP contribution < -0.4 is 5.32 Å².